The molecule has 5 nitrogen and oxygen atoms in total. The van der Waals surface area contributed by atoms with Crippen LogP contribution in [0, 0.1) is 5.92 Å². The van der Waals surface area contributed by atoms with Gasteiger partial charge in [-0.2, -0.15) is 13.2 Å². The van der Waals surface area contributed by atoms with Crippen molar-refractivity contribution in [2.75, 3.05) is 46.0 Å². The van der Waals surface area contributed by atoms with Crippen LogP contribution in [0.3, 0.4) is 0 Å². The van der Waals surface area contributed by atoms with Crippen molar-refractivity contribution in [1.29, 1.82) is 0 Å². The number of halogens is 3. The highest BCUT2D eigenvalue weighted by atomic mass is 19.4. The third-order valence-corrected chi connectivity index (χ3v) is 6.01. The zero-order valence-electron chi connectivity index (χ0n) is 17.3. The lowest BCUT2D eigenvalue weighted by Gasteiger charge is -2.35. The van der Waals surface area contributed by atoms with E-state index in [0.29, 0.717) is 45.4 Å². The van der Waals surface area contributed by atoms with Crippen LogP contribution in [0.5, 0.6) is 0 Å². The van der Waals surface area contributed by atoms with Gasteiger partial charge in [0.05, 0.1) is 13.2 Å². The second-order valence-corrected chi connectivity index (χ2v) is 8.12. The van der Waals surface area contributed by atoms with Crippen molar-refractivity contribution in [2.24, 2.45) is 5.92 Å². The summed E-state index contributed by atoms with van der Waals surface area (Å²) in [6.07, 6.45) is -2.63. The van der Waals surface area contributed by atoms with Crippen LogP contribution < -0.4 is 5.32 Å². The van der Waals surface area contributed by atoms with Gasteiger partial charge in [0.15, 0.2) is 0 Å². The Balaban J connectivity index is 1.62. The average Bonchev–Trinajstić information content (AvgIpc) is 2.97. The fraction of sp³-hybridized carbons (Fsp3) is 0.682. The number of benzene rings is 1. The Labute approximate surface area is 175 Å². The molecule has 3 rings (SSSR count). The molecule has 1 N–H and O–H groups in total. The van der Waals surface area contributed by atoms with E-state index in [0.717, 1.165) is 18.7 Å². The van der Waals surface area contributed by atoms with Gasteiger partial charge in [-0.1, -0.05) is 30.3 Å². The number of alkyl halides is 3. The summed E-state index contributed by atoms with van der Waals surface area (Å²) in [7, 11) is 0. The topological polar surface area (TPSA) is 50.8 Å². The first-order chi connectivity index (χ1) is 14.4. The van der Waals surface area contributed by atoms with Gasteiger partial charge in [0.25, 0.3) is 5.91 Å². The van der Waals surface area contributed by atoms with Crippen LogP contribution in [0.2, 0.25) is 0 Å². The molecule has 1 amide bonds. The Kier molecular flexibility index (Phi) is 8.13. The number of morpholine rings is 1. The average molecular weight is 428 g/mol. The van der Waals surface area contributed by atoms with Crippen LogP contribution in [0.15, 0.2) is 30.3 Å². The Morgan fingerprint density at radius 1 is 1.17 bits per heavy atom. The van der Waals surface area contributed by atoms with Crippen LogP contribution >= 0.6 is 0 Å². The maximum absolute atomic E-state index is 14.1. The Morgan fingerprint density at radius 3 is 2.60 bits per heavy atom. The molecule has 168 valence electrons. The van der Waals surface area contributed by atoms with Gasteiger partial charge in [-0.25, -0.2) is 0 Å². The number of carbonyl (C=O) groups is 1. The van der Waals surface area contributed by atoms with Crippen molar-refractivity contribution in [3.05, 3.63) is 35.9 Å². The molecule has 2 atom stereocenters. The molecule has 2 aliphatic rings. The second kappa shape index (κ2) is 10.6. The van der Waals surface area contributed by atoms with E-state index in [1.807, 2.05) is 30.3 Å². The van der Waals surface area contributed by atoms with Crippen molar-refractivity contribution in [2.45, 2.75) is 43.9 Å². The molecular formula is C22H31F3N2O3. The van der Waals surface area contributed by atoms with E-state index in [2.05, 4.69) is 10.2 Å². The van der Waals surface area contributed by atoms with Gasteiger partial charge in [0.2, 0.25) is 5.60 Å². The maximum Gasteiger partial charge on any atom is 0.426 e. The zero-order chi connectivity index (χ0) is 21.5. The standard InChI is InChI=1S/C22H31F3N2O3/c23-22(24,25)21(20(28)26-10-11-27-12-15-29-16-13-27)17-19(7-4-14-30-21)9-8-18-5-2-1-3-6-18/h1-3,5-6,19H,4,7-17H2,(H,26,28). The van der Waals surface area contributed by atoms with Crippen LogP contribution in [-0.4, -0.2) is 68.6 Å². The van der Waals surface area contributed by atoms with E-state index in [4.69, 9.17) is 9.47 Å². The number of hydrogen-bond acceptors (Lipinski definition) is 4. The molecule has 0 aromatic heterocycles. The molecule has 0 spiro atoms. The fourth-order valence-electron chi connectivity index (χ4n) is 4.23. The number of ether oxygens (including phenoxy) is 2. The number of carbonyl (C=O) groups excluding carboxylic acids is 1. The maximum atomic E-state index is 14.1. The highest BCUT2D eigenvalue weighted by Gasteiger charge is 2.62. The van der Waals surface area contributed by atoms with Gasteiger partial charge in [0, 0.05) is 32.8 Å². The molecule has 1 aromatic rings. The highest BCUT2D eigenvalue weighted by Crippen LogP contribution is 2.42. The molecular weight excluding hydrogens is 397 g/mol. The number of nitrogens with zero attached hydrogens (tertiary/aromatic N) is 1. The Bertz CT molecular complexity index is 665. The second-order valence-electron chi connectivity index (χ2n) is 8.12. The van der Waals surface area contributed by atoms with Crippen LogP contribution in [0.25, 0.3) is 0 Å². The largest absolute Gasteiger partial charge is 0.426 e. The first-order valence-corrected chi connectivity index (χ1v) is 10.7. The minimum atomic E-state index is -4.76. The van der Waals surface area contributed by atoms with Crippen LogP contribution in [0.4, 0.5) is 13.2 Å². The van der Waals surface area contributed by atoms with Gasteiger partial charge >= 0.3 is 6.18 Å². The zero-order valence-corrected chi connectivity index (χ0v) is 17.3. The molecule has 2 heterocycles. The number of nitrogens with one attached hydrogen (secondary N) is 1. The molecule has 2 aliphatic heterocycles. The summed E-state index contributed by atoms with van der Waals surface area (Å²) in [6.45, 7) is 3.25. The first kappa shape index (κ1) is 23.0. The monoisotopic (exact) mass is 428 g/mol. The van der Waals surface area contributed by atoms with E-state index in [1.54, 1.807) is 0 Å². The van der Waals surface area contributed by atoms with E-state index in [-0.39, 0.29) is 25.5 Å². The van der Waals surface area contributed by atoms with Crippen molar-refractivity contribution in [3.8, 4) is 0 Å². The van der Waals surface area contributed by atoms with Crippen LogP contribution in [-0.2, 0) is 20.7 Å². The number of rotatable bonds is 7. The minimum Gasteiger partial charge on any atom is -0.379 e. The summed E-state index contributed by atoms with van der Waals surface area (Å²) in [5.74, 6) is -1.28. The van der Waals surface area contributed by atoms with Crippen molar-refractivity contribution < 1.29 is 27.4 Å². The number of amides is 1. The van der Waals surface area contributed by atoms with Gasteiger partial charge < -0.3 is 14.8 Å². The molecule has 0 bridgehead atoms. The molecule has 2 unspecified atom stereocenters. The summed E-state index contributed by atoms with van der Waals surface area (Å²) in [4.78, 5) is 14.9. The van der Waals surface area contributed by atoms with Crippen LogP contribution in [0.1, 0.15) is 31.2 Å². The predicted molar refractivity (Wildman–Crippen MR) is 107 cm³/mol. The molecule has 0 saturated carbocycles. The first-order valence-electron chi connectivity index (χ1n) is 10.7. The molecule has 1 aromatic carbocycles. The SMILES string of the molecule is O=C(NCCN1CCOCC1)C1(C(F)(F)F)CC(CCc2ccccc2)CCCO1. The van der Waals surface area contributed by atoms with Gasteiger partial charge in [-0.15, -0.1) is 0 Å². The summed E-state index contributed by atoms with van der Waals surface area (Å²) in [5.41, 5.74) is -1.68. The third-order valence-electron chi connectivity index (χ3n) is 6.01. The minimum absolute atomic E-state index is 0.0573. The molecule has 0 radical (unpaired) electrons. The summed E-state index contributed by atoms with van der Waals surface area (Å²) in [5, 5.41) is 2.50. The molecule has 30 heavy (non-hydrogen) atoms. The summed E-state index contributed by atoms with van der Waals surface area (Å²) in [6, 6.07) is 9.71. The van der Waals surface area contributed by atoms with E-state index < -0.39 is 17.7 Å². The fourth-order valence-corrected chi connectivity index (χ4v) is 4.23. The van der Waals surface area contributed by atoms with Gasteiger partial charge in [-0.3, -0.25) is 9.69 Å². The Morgan fingerprint density at radius 2 is 1.90 bits per heavy atom. The van der Waals surface area contributed by atoms with Crippen molar-refractivity contribution >= 4 is 5.91 Å². The smallest absolute Gasteiger partial charge is 0.379 e. The third kappa shape index (κ3) is 5.95. The number of aryl methyl sites for hydroxylation is 1. The van der Waals surface area contributed by atoms with Crippen molar-refractivity contribution in [3.63, 3.8) is 0 Å². The molecule has 2 fully saturated rings. The normalized spacial score (nSPS) is 26.2. The molecule has 8 heteroatoms. The lowest BCUT2D eigenvalue weighted by molar-refractivity contribution is -0.269. The van der Waals surface area contributed by atoms with Gasteiger partial charge in [0.1, 0.15) is 0 Å². The highest BCUT2D eigenvalue weighted by molar-refractivity contribution is 5.86. The van der Waals surface area contributed by atoms with E-state index in [9.17, 15) is 18.0 Å². The quantitative estimate of drug-likeness (QED) is 0.725. The lowest BCUT2D eigenvalue weighted by Crippen LogP contribution is -2.60. The lowest BCUT2D eigenvalue weighted by atomic mass is 9.84. The predicted octanol–water partition coefficient (Wildman–Crippen LogP) is 3.19. The summed E-state index contributed by atoms with van der Waals surface area (Å²) < 4.78 is 52.9. The molecule has 0 aliphatic carbocycles. The van der Waals surface area contributed by atoms with Crippen molar-refractivity contribution in [1.82, 2.24) is 10.2 Å². The molecule has 2 saturated heterocycles. The summed E-state index contributed by atoms with van der Waals surface area (Å²) >= 11 is 0. The van der Waals surface area contributed by atoms with E-state index >= 15 is 0 Å². The van der Waals surface area contributed by atoms with E-state index in [1.165, 1.54) is 0 Å². The number of hydrogen-bond donors (Lipinski definition) is 1. The van der Waals surface area contributed by atoms with Gasteiger partial charge in [-0.05, 0) is 43.6 Å². The Hall–Kier alpha value is -1.64.